The number of pyridine rings is 1. The summed E-state index contributed by atoms with van der Waals surface area (Å²) < 4.78 is 5.98. The molecule has 1 aliphatic heterocycles. The Hall–Kier alpha value is -2.89. The molecule has 158 valence electrons. The minimum Gasteiger partial charge on any atom is -0.471 e. The summed E-state index contributed by atoms with van der Waals surface area (Å²) in [6.07, 6.45) is 3.47. The van der Waals surface area contributed by atoms with Gasteiger partial charge in [-0.25, -0.2) is 4.98 Å². The zero-order valence-electron chi connectivity index (χ0n) is 16.6. The molecule has 0 spiro atoms. The average Bonchev–Trinajstić information content (AvgIpc) is 3.24. The minimum atomic E-state index is -0.117. The van der Waals surface area contributed by atoms with E-state index < -0.39 is 0 Å². The largest absolute Gasteiger partial charge is 0.471 e. The maximum absolute atomic E-state index is 13.0. The van der Waals surface area contributed by atoms with Crippen molar-refractivity contribution in [1.29, 1.82) is 0 Å². The van der Waals surface area contributed by atoms with Crippen molar-refractivity contribution in [3.63, 3.8) is 0 Å². The summed E-state index contributed by atoms with van der Waals surface area (Å²) in [5.41, 5.74) is 2.80. The van der Waals surface area contributed by atoms with Gasteiger partial charge in [-0.3, -0.25) is 4.79 Å². The highest BCUT2D eigenvalue weighted by Gasteiger charge is 2.27. The number of ketones is 1. The summed E-state index contributed by atoms with van der Waals surface area (Å²) in [4.78, 5) is 30.5. The monoisotopic (exact) mass is 454 g/mol. The molecule has 0 amide bonds. The van der Waals surface area contributed by atoms with Gasteiger partial charge >= 0.3 is 0 Å². The molecule has 1 atom stereocenters. The first-order valence-corrected chi connectivity index (χ1v) is 10.7. The lowest BCUT2D eigenvalue weighted by Crippen LogP contribution is -2.26. The molecule has 0 saturated carbocycles. The van der Waals surface area contributed by atoms with Gasteiger partial charge in [0.2, 0.25) is 5.88 Å². The summed E-state index contributed by atoms with van der Waals surface area (Å²) in [6, 6.07) is 15.8. The Morgan fingerprint density at radius 3 is 2.74 bits per heavy atom. The zero-order chi connectivity index (χ0) is 21.8. The highest BCUT2D eigenvalue weighted by molar-refractivity contribution is 6.31. The number of aldehydes is 1. The predicted octanol–water partition coefficient (Wildman–Crippen LogP) is 5.02. The molecule has 31 heavy (non-hydrogen) atoms. The zero-order valence-corrected chi connectivity index (χ0v) is 18.1. The molecule has 5 nitrogen and oxygen atoms in total. The minimum absolute atomic E-state index is 0.0937. The van der Waals surface area contributed by atoms with Crippen LogP contribution in [0.1, 0.15) is 27.9 Å². The number of anilines is 1. The number of rotatable bonds is 7. The predicted molar refractivity (Wildman–Crippen MR) is 122 cm³/mol. The highest BCUT2D eigenvalue weighted by Crippen LogP contribution is 2.30. The molecule has 0 N–H and O–H groups in total. The molecule has 1 aromatic heterocycles. The van der Waals surface area contributed by atoms with Crippen LogP contribution in [-0.4, -0.2) is 36.2 Å². The number of benzene rings is 2. The number of carbonyl (C=O) groups is 2. The fourth-order valence-electron chi connectivity index (χ4n) is 3.72. The molecule has 0 radical (unpaired) electrons. The Labute approximate surface area is 190 Å². The van der Waals surface area contributed by atoms with Gasteiger partial charge in [0, 0.05) is 47.4 Å². The number of hydrogen-bond acceptors (Lipinski definition) is 5. The fraction of sp³-hybridized carbons (Fsp3) is 0.208. The van der Waals surface area contributed by atoms with E-state index in [2.05, 4.69) is 9.88 Å². The first-order chi connectivity index (χ1) is 15.0. The molecule has 0 aliphatic carbocycles. The van der Waals surface area contributed by atoms with Crippen molar-refractivity contribution in [2.75, 3.05) is 18.0 Å². The summed E-state index contributed by atoms with van der Waals surface area (Å²) in [6.45, 7) is 1.34. The summed E-state index contributed by atoms with van der Waals surface area (Å²) in [7, 11) is 0. The smallest absolute Gasteiger partial charge is 0.232 e. The van der Waals surface area contributed by atoms with Crippen molar-refractivity contribution >= 4 is 41.0 Å². The van der Waals surface area contributed by atoms with E-state index >= 15 is 0 Å². The number of aromatic nitrogens is 1. The van der Waals surface area contributed by atoms with E-state index in [9.17, 15) is 9.59 Å². The van der Waals surface area contributed by atoms with Gasteiger partial charge in [-0.15, -0.1) is 0 Å². The third-order valence-electron chi connectivity index (χ3n) is 5.23. The molecule has 3 aromatic rings. The van der Waals surface area contributed by atoms with Gasteiger partial charge in [0.1, 0.15) is 17.4 Å². The van der Waals surface area contributed by atoms with Gasteiger partial charge in [-0.1, -0.05) is 47.5 Å². The van der Waals surface area contributed by atoms with Crippen LogP contribution in [0.4, 0.5) is 5.69 Å². The van der Waals surface area contributed by atoms with E-state index in [-0.39, 0.29) is 18.3 Å². The maximum Gasteiger partial charge on any atom is 0.232 e. The van der Waals surface area contributed by atoms with Crippen LogP contribution in [-0.2, 0) is 11.2 Å². The lowest BCUT2D eigenvalue weighted by Gasteiger charge is -2.22. The first kappa shape index (κ1) is 21.3. The van der Waals surface area contributed by atoms with Gasteiger partial charge in [0.25, 0.3) is 0 Å². The quantitative estimate of drug-likeness (QED) is 0.370. The molecule has 2 heterocycles. The topological polar surface area (TPSA) is 59.5 Å². The molecule has 0 unspecified atom stereocenters. The van der Waals surface area contributed by atoms with Gasteiger partial charge in [-0.2, -0.15) is 0 Å². The molecular weight excluding hydrogens is 435 g/mol. The molecule has 0 bridgehead atoms. The second-order valence-electron chi connectivity index (χ2n) is 7.32. The molecular formula is C24H20Cl2N2O3. The van der Waals surface area contributed by atoms with E-state index in [0.29, 0.717) is 33.6 Å². The van der Waals surface area contributed by atoms with Gasteiger partial charge in [0.05, 0.1) is 6.54 Å². The lowest BCUT2D eigenvalue weighted by atomic mass is 9.99. The van der Waals surface area contributed by atoms with Gasteiger partial charge < -0.3 is 14.4 Å². The summed E-state index contributed by atoms with van der Waals surface area (Å²) >= 11 is 12.2. The fourth-order valence-corrected chi connectivity index (χ4v) is 4.07. The van der Waals surface area contributed by atoms with E-state index in [0.717, 1.165) is 30.5 Å². The average molecular weight is 455 g/mol. The molecule has 2 aromatic carbocycles. The van der Waals surface area contributed by atoms with Crippen LogP contribution in [0.15, 0.2) is 60.8 Å². The first-order valence-electron chi connectivity index (χ1n) is 9.94. The van der Waals surface area contributed by atoms with Crippen molar-refractivity contribution in [1.82, 2.24) is 4.98 Å². The van der Waals surface area contributed by atoms with E-state index in [1.807, 2.05) is 12.1 Å². The Kier molecular flexibility index (Phi) is 6.54. The molecule has 4 rings (SSSR count). The molecule has 1 saturated heterocycles. The van der Waals surface area contributed by atoms with Crippen LogP contribution >= 0.6 is 23.2 Å². The second kappa shape index (κ2) is 9.50. The van der Waals surface area contributed by atoms with Crippen molar-refractivity contribution in [2.45, 2.75) is 18.9 Å². The number of carbonyl (C=O) groups excluding carboxylic acids is 2. The molecule has 1 aliphatic rings. The molecule has 1 fully saturated rings. The SMILES string of the molecule is O=CCc1ccc(C(=O)c2cccc(Cl)c2)cc1N1CC[C@H](Oc2ncccc2Cl)C1. The van der Waals surface area contributed by atoms with Crippen LogP contribution in [0.2, 0.25) is 10.0 Å². The van der Waals surface area contributed by atoms with Crippen LogP contribution in [0.3, 0.4) is 0 Å². The van der Waals surface area contributed by atoms with E-state index in [4.69, 9.17) is 27.9 Å². The lowest BCUT2D eigenvalue weighted by molar-refractivity contribution is -0.107. The Morgan fingerprint density at radius 2 is 1.97 bits per heavy atom. The van der Waals surface area contributed by atoms with Crippen LogP contribution < -0.4 is 9.64 Å². The van der Waals surface area contributed by atoms with E-state index in [1.165, 1.54) is 0 Å². The standard InChI is InChI=1S/C24H20Cl2N2O3/c25-19-4-1-3-17(13-19)23(30)18-7-6-16(9-12-29)22(14-18)28-11-8-20(15-28)31-24-21(26)5-2-10-27-24/h1-7,10,12-14,20H,8-9,11,15H2/t20-/m0/s1. The third kappa shape index (κ3) is 4.89. The Morgan fingerprint density at radius 1 is 1.13 bits per heavy atom. The summed E-state index contributed by atoms with van der Waals surface area (Å²) in [5, 5.41) is 0.980. The van der Waals surface area contributed by atoms with Crippen molar-refractivity contribution in [3.05, 3.63) is 87.5 Å². The van der Waals surface area contributed by atoms with E-state index in [1.54, 1.807) is 48.7 Å². The highest BCUT2D eigenvalue weighted by atomic mass is 35.5. The Bertz CT molecular complexity index is 1120. The normalized spacial score (nSPS) is 15.7. The van der Waals surface area contributed by atoms with Crippen molar-refractivity contribution < 1.29 is 14.3 Å². The third-order valence-corrected chi connectivity index (χ3v) is 5.75. The number of halogens is 2. The second-order valence-corrected chi connectivity index (χ2v) is 8.16. The van der Waals surface area contributed by atoms with Crippen LogP contribution in [0, 0.1) is 0 Å². The van der Waals surface area contributed by atoms with Crippen molar-refractivity contribution in [3.8, 4) is 5.88 Å². The van der Waals surface area contributed by atoms with Crippen LogP contribution in [0.5, 0.6) is 5.88 Å². The summed E-state index contributed by atoms with van der Waals surface area (Å²) in [5.74, 6) is 0.294. The van der Waals surface area contributed by atoms with Crippen molar-refractivity contribution in [2.24, 2.45) is 0 Å². The number of nitrogens with zero attached hydrogens (tertiary/aromatic N) is 2. The molecule has 7 heteroatoms. The van der Waals surface area contributed by atoms with Crippen LogP contribution in [0.25, 0.3) is 0 Å². The number of ether oxygens (including phenoxy) is 1. The number of hydrogen-bond donors (Lipinski definition) is 0. The van der Waals surface area contributed by atoms with Gasteiger partial charge in [0.15, 0.2) is 5.78 Å². The maximum atomic E-state index is 13.0. The Balaban J connectivity index is 1.58. The van der Waals surface area contributed by atoms with Gasteiger partial charge in [-0.05, 0) is 35.9 Å².